The van der Waals surface area contributed by atoms with Crippen LogP contribution in [0.25, 0.3) is 16.3 Å². The van der Waals surface area contributed by atoms with Crippen LogP contribution in [0.2, 0.25) is 0 Å². The minimum Gasteiger partial charge on any atom is -0.493 e. The predicted molar refractivity (Wildman–Crippen MR) is 95.0 cm³/mol. The van der Waals surface area contributed by atoms with E-state index in [1.54, 1.807) is 23.3 Å². The van der Waals surface area contributed by atoms with E-state index in [4.69, 9.17) is 14.2 Å². The summed E-state index contributed by atoms with van der Waals surface area (Å²) in [5.74, 6) is 2.72. The van der Waals surface area contributed by atoms with Crippen molar-refractivity contribution in [1.29, 1.82) is 0 Å². The lowest BCUT2D eigenvalue weighted by molar-refractivity contribution is 0.171. The van der Waals surface area contributed by atoms with E-state index in [2.05, 4.69) is 26.6 Å². The zero-order valence-electron chi connectivity index (χ0n) is 14.1. The Balaban J connectivity index is 1.58. The average Bonchev–Trinajstić information content (AvgIpc) is 3.42. The number of ether oxygens (including phenoxy) is 3. The second-order valence-corrected chi connectivity index (χ2v) is 6.69. The molecule has 0 amide bonds. The molecule has 3 aromatic heterocycles. The van der Waals surface area contributed by atoms with E-state index in [0.717, 1.165) is 22.0 Å². The fourth-order valence-corrected chi connectivity index (χ4v) is 3.72. The summed E-state index contributed by atoms with van der Waals surface area (Å²) in [4.78, 5) is 10.1. The molecule has 132 valence electrons. The van der Waals surface area contributed by atoms with Gasteiger partial charge in [0.1, 0.15) is 11.3 Å². The molecule has 9 heteroatoms. The molecule has 0 spiro atoms. The van der Waals surface area contributed by atoms with Gasteiger partial charge in [-0.25, -0.2) is 14.5 Å². The van der Waals surface area contributed by atoms with E-state index in [9.17, 15) is 0 Å². The molecule has 26 heavy (non-hydrogen) atoms. The number of methoxy groups -OCH3 is 1. The molecule has 0 radical (unpaired) electrons. The van der Waals surface area contributed by atoms with E-state index in [1.807, 2.05) is 24.5 Å². The highest BCUT2D eigenvalue weighted by molar-refractivity contribution is 7.14. The van der Waals surface area contributed by atoms with Crippen molar-refractivity contribution in [3.05, 3.63) is 41.9 Å². The maximum Gasteiger partial charge on any atom is 0.231 e. The van der Waals surface area contributed by atoms with Crippen LogP contribution in [-0.4, -0.2) is 38.1 Å². The number of rotatable bonds is 4. The Kier molecular flexibility index (Phi) is 3.35. The van der Waals surface area contributed by atoms with Crippen molar-refractivity contribution in [1.82, 2.24) is 24.1 Å². The number of imidazole rings is 2. The van der Waals surface area contributed by atoms with Crippen molar-refractivity contribution in [2.75, 3.05) is 13.9 Å². The lowest BCUT2D eigenvalue weighted by Gasteiger charge is -2.15. The van der Waals surface area contributed by atoms with Gasteiger partial charge in [-0.3, -0.25) is 0 Å². The SMILES string of the molecule is COc1cc(-c2nccn2[C@@H](C)c2cn3ncsc3n2)cc2c1OCO2. The van der Waals surface area contributed by atoms with Crippen molar-refractivity contribution in [3.8, 4) is 28.6 Å². The number of hydrogen-bond donors (Lipinski definition) is 0. The van der Waals surface area contributed by atoms with Crippen LogP contribution < -0.4 is 14.2 Å². The highest BCUT2D eigenvalue weighted by Crippen LogP contribution is 2.44. The van der Waals surface area contributed by atoms with E-state index in [-0.39, 0.29) is 12.8 Å². The van der Waals surface area contributed by atoms with Gasteiger partial charge in [0.25, 0.3) is 0 Å². The van der Waals surface area contributed by atoms with Gasteiger partial charge in [0.15, 0.2) is 11.5 Å². The van der Waals surface area contributed by atoms with Gasteiger partial charge in [0.05, 0.1) is 25.0 Å². The Morgan fingerprint density at radius 1 is 1.31 bits per heavy atom. The Hall–Kier alpha value is -3.07. The Morgan fingerprint density at radius 3 is 3.08 bits per heavy atom. The molecule has 5 rings (SSSR count). The molecular weight excluding hydrogens is 354 g/mol. The summed E-state index contributed by atoms with van der Waals surface area (Å²) in [6.45, 7) is 2.28. The first-order valence-corrected chi connectivity index (χ1v) is 8.92. The van der Waals surface area contributed by atoms with Crippen LogP contribution in [0.15, 0.2) is 36.2 Å². The fraction of sp³-hybridized carbons (Fsp3) is 0.235. The molecule has 1 atom stereocenters. The lowest BCUT2D eigenvalue weighted by atomic mass is 10.1. The van der Waals surface area contributed by atoms with Crippen molar-refractivity contribution in [2.45, 2.75) is 13.0 Å². The maximum atomic E-state index is 5.53. The van der Waals surface area contributed by atoms with Gasteiger partial charge < -0.3 is 18.8 Å². The predicted octanol–water partition coefficient (Wildman–Crippen LogP) is 3.00. The second-order valence-electron chi connectivity index (χ2n) is 5.88. The molecular formula is C17H15N5O3S. The molecule has 0 N–H and O–H groups in total. The molecule has 4 heterocycles. The molecule has 1 aliphatic rings. The van der Waals surface area contributed by atoms with Crippen LogP contribution in [-0.2, 0) is 0 Å². The van der Waals surface area contributed by atoms with Gasteiger partial charge in [-0.2, -0.15) is 5.10 Å². The minimum absolute atomic E-state index is 0.00202. The van der Waals surface area contributed by atoms with Gasteiger partial charge in [-0.1, -0.05) is 11.3 Å². The van der Waals surface area contributed by atoms with Gasteiger partial charge in [0.2, 0.25) is 17.5 Å². The molecule has 0 fully saturated rings. The quantitative estimate of drug-likeness (QED) is 0.550. The Morgan fingerprint density at radius 2 is 2.23 bits per heavy atom. The summed E-state index contributed by atoms with van der Waals surface area (Å²) in [6.07, 6.45) is 5.66. The van der Waals surface area contributed by atoms with Crippen LogP contribution >= 0.6 is 11.3 Å². The van der Waals surface area contributed by atoms with Gasteiger partial charge in [-0.05, 0) is 19.1 Å². The summed E-state index contributed by atoms with van der Waals surface area (Å²) in [7, 11) is 1.61. The topological polar surface area (TPSA) is 75.7 Å². The summed E-state index contributed by atoms with van der Waals surface area (Å²) in [5.41, 5.74) is 3.59. The molecule has 1 aliphatic heterocycles. The number of aromatic nitrogens is 5. The van der Waals surface area contributed by atoms with Crippen LogP contribution in [0.1, 0.15) is 18.7 Å². The smallest absolute Gasteiger partial charge is 0.231 e. The van der Waals surface area contributed by atoms with E-state index in [1.165, 1.54) is 11.3 Å². The summed E-state index contributed by atoms with van der Waals surface area (Å²) in [5, 5.41) is 4.25. The standard InChI is InChI=1S/C17H15N5O3S/c1-10(12-7-22-17(20-12)26-8-19-22)21-4-3-18-16(21)11-5-13(23-2)15-14(6-11)24-9-25-15/h3-8,10H,9H2,1-2H3/t10-/m0/s1. The Bertz CT molecular complexity index is 1070. The van der Waals surface area contributed by atoms with Crippen LogP contribution in [0, 0.1) is 0 Å². The molecule has 0 saturated carbocycles. The number of nitrogens with zero attached hydrogens (tertiary/aromatic N) is 5. The molecule has 8 nitrogen and oxygen atoms in total. The number of benzene rings is 1. The zero-order valence-corrected chi connectivity index (χ0v) is 14.9. The van der Waals surface area contributed by atoms with Gasteiger partial charge >= 0.3 is 0 Å². The molecule has 0 bridgehead atoms. The third kappa shape index (κ3) is 2.24. The highest BCUT2D eigenvalue weighted by Gasteiger charge is 2.23. The van der Waals surface area contributed by atoms with Crippen molar-refractivity contribution < 1.29 is 14.2 Å². The first-order chi connectivity index (χ1) is 12.7. The molecule has 4 aromatic rings. The van der Waals surface area contributed by atoms with E-state index < -0.39 is 0 Å². The number of fused-ring (bicyclic) bond motifs is 2. The number of hydrogen-bond acceptors (Lipinski definition) is 7. The van der Waals surface area contributed by atoms with Crippen molar-refractivity contribution in [2.24, 2.45) is 0 Å². The van der Waals surface area contributed by atoms with Crippen LogP contribution in [0.4, 0.5) is 0 Å². The zero-order chi connectivity index (χ0) is 17.7. The third-order valence-corrected chi connectivity index (χ3v) is 5.12. The molecule has 0 unspecified atom stereocenters. The van der Waals surface area contributed by atoms with Crippen molar-refractivity contribution in [3.63, 3.8) is 0 Å². The van der Waals surface area contributed by atoms with Gasteiger partial charge in [0, 0.05) is 18.0 Å². The second kappa shape index (κ2) is 5.73. The fourth-order valence-electron chi connectivity index (χ4n) is 3.11. The molecule has 0 aliphatic carbocycles. The normalized spacial score (nSPS) is 14.1. The average molecular weight is 369 g/mol. The summed E-state index contributed by atoms with van der Waals surface area (Å²) in [6, 6.07) is 3.83. The van der Waals surface area contributed by atoms with Crippen LogP contribution in [0.3, 0.4) is 0 Å². The largest absolute Gasteiger partial charge is 0.493 e. The minimum atomic E-state index is -0.00202. The third-order valence-electron chi connectivity index (χ3n) is 4.44. The molecule has 1 aromatic carbocycles. The van der Waals surface area contributed by atoms with E-state index in [0.29, 0.717) is 17.2 Å². The van der Waals surface area contributed by atoms with Crippen LogP contribution in [0.5, 0.6) is 17.2 Å². The summed E-state index contributed by atoms with van der Waals surface area (Å²) >= 11 is 1.51. The first-order valence-electron chi connectivity index (χ1n) is 8.04. The highest BCUT2D eigenvalue weighted by atomic mass is 32.1. The maximum absolute atomic E-state index is 5.53. The monoisotopic (exact) mass is 369 g/mol. The lowest BCUT2D eigenvalue weighted by Crippen LogP contribution is -2.08. The Labute approximate surface area is 152 Å². The van der Waals surface area contributed by atoms with Gasteiger partial charge in [-0.15, -0.1) is 0 Å². The first kappa shape index (κ1) is 15.2. The van der Waals surface area contributed by atoms with E-state index >= 15 is 0 Å². The van der Waals surface area contributed by atoms with Crippen molar-refractivity contribution >= 4 is 16.3 Å². The molecule has 0 saturated heterocycles. The summed E-state index contributed by atoms with van der Waals surface area (Å²) < 4.78 is 20.3.